The molecule has 0 radical (unpaired) electrons. The number of likely N-dealkylation sites (tertiary alicyclic amines) is 2. The highest BCUT2D eigenvalue weighted by Crippen LogP contribution is 2.31. The molecule has 2 heterocycles. The third-order valence-electron chi connectivity index (χ3n) is 5.64. The van der Waals surface area contributed by atoms with Crippen LogP contribution in [0.15, 0.2) is 4.99 Å². The molecule has 0 aromatic rings. The number of piperidine rings is 2. The van der Waals surface area contributed by atoms with Gasteiger partial charge in [-0.25, -0.2) is 0 Å². The zero-order valence-electron chi connectivity index (χ0n) is 17.1. The van der Waals surface area contributed by atoms with Crippen molar-refractivity contribution in [3.63, 3.8) is 0 Å². The molecule has 0 aliphatic carbocycles. The number of hydrogen-bond acceptors (Lipinski definition) is 4. The fourth-order valence-electron chi connectivity index (χ4n) is 3.97. The molecule has 0 unspecified atom stereocenters. The standard InChI is InChI=1S/C19H39N5O.HI/c1-4-20-18(21-11-8-16-25-3)22-17-19(9-14-23(2)15-10-19)24-12-6-5-7-13-24;/h4-17H2,1-3H3,(H2,20,21,22);1H. The van der Waals surface area contributed by atoms with E-state index in [1.54, 1.807) is 7.11 Å². The molecular weight excluding hydrogens is 441 g/mol. The third-order valence-corrected chi connectivity index (χ3v) is 5.64. The first-order valence-corrected chi connectivity index (χ1v) is 10.1. The van der Waals surface area contributed by atoms with Crippen molar-refractivity contribution >= 4 is 29.9 Å². The molecule has 0 amide bonds. The molecule has 2 aliphatic heterocycles. The van der Waals surface area contributed by atoms with Crippen LogP contribution < -0.4 is 10.6 Å². The zero-order valence-corrected chi connectivity index (χ0v) is 19.4. The van der Waals surface area contributed by atoms with Gasteiger partial charge in [0.05, 0.1) is 6.54 Å². The highest BCUT2D eigenvalue weighted by atomic mass is 127. The van der Waals surface area contributed by atoms with Gasteiger partial charge >= 0.3 is 0 Å². The Morgan fingerprint density at radius 1 is 1.08 bits per heavy atom. The predicted molar refractivity (Wildman–Crippen MR) is 121 cm³/mol. The Hall–Kier alpha value is -0.120. The molecule has 0 atom stereocenters. The molecule has 2 saturated heterocycles. The Labute approximate surface area is 177 Å². The van der Waals surface area contributed by atoms with Crippen molar-refractivity contribution in [2.45, 2.75) is 51.0 Å². The van der Waals surface area contributed by atoms with Crippen LogP contribution in [0.3, 0.4) is 0 Å². The summed E-state index contributed by atoms with van der Waals surface area (Å²) in [6, 6.07) is 0. The maximum Gasteiger partial charge on any atom is 0.191 e. The quantitative estimate of drug-likeness (QED) is 0.241. The summed E-state index contributed by atoms with van der Waals surface area (Å²) < 4.78 is 5.13. The summed E-state index contributed by atoms with van der Waals surface area (Å²) in [6.07, 6.45) is 7.54. The molecule has 2 fully saturated rings. The summed E-state index contributed by atoms with van der Waals surface area (Å²) in [6.45, 7) is 10.5. The summed E-state index contributed by atoms with van der Waals surface area (Å²) in [4.78, 5) is 10.2. The number of nitrogens with one attached hydrogen (secondary N) is 2. The second kappa shape index (κ2) is 13.1. The van der Waals surface area contributed by atoms with Crippen molar-refractivity contribution in [1.29, 1.82) is 0 Å². The molecule has 154 valence electrons. The Morgan fingerprint density at radius 2 is 1.77 bits per heavy atom. The van der Waals surface area contributed by atoms with Crippen LogP contribution in [-0.4, -0.2) is 87.9 Å². The molecular formula is C19H40IN5O. The van der Waals surface area contributed by atoms with Crippen molar-refractivity contribution in [3.05, 3.63) is 0 Å². The Kier molecular flexibility index (Phi) is 12.1. The SMILES string of the molecule is CCNC(=NCC1(N2CCCCC2)CCN(C)CC1)NCCCOC.I. The van der Waals surface area contributed by atoms with Gasteiger partial charge in [-0.1, -0.05) is 6.42 Å². The van der Waals surface area contributed by atoms with Gasteiger partial charge in [0.15, 0.2) is 5.96 Å². The van der Waals surface area contributed by atoms with Crippen molar-refractivity contribution in [1.82, 2.24) is 20.4 Å². The second-order valence-corrected chi connectivity index (χ2v) is 7.54. The summed E-state index contributed by atoms with van der Waals surface area (Å²) in [5.41, 5.74) is 0.252. The fraction of sp³-hybridized carbons (Fsp3) is 0.947. The van der Waals surface area contributed by atoms with Crippen LogP contribution in [-0.2, 0) is 4.74 Å². The van der Waals surface area contributed by atoms with E-state index in [0.717, 1.165) is 38.6 Å². The number of methoxy groups -OCH3 is 1. The van der Waals surface area contributed by atoms with E-state index in [9.17, 15) is 0 Å². The highest BCUT2D eigenvalue weighted by Gasteiger charge is 2.39. The van der Waals surface area contributed by atoms with Crippen LogP contribution in [0.2, 0.25) is 0 Å². The van der Waals surface area contributed by atoms with Gasteiger partial charge in [-0.2, -0.15) is 0 Å². The normalized spacial score (nSPS) is 21.9. The third kappa shape index (κ3) is 7.48. The molecule has 26 heavy (non-hydrogen) atoms. The lowest BCUT2D eigenvalue weighted by atomic mass is 9.84. The summed E-state index contributed by atoms with van der Waals surface area (Å²) in [5.74, 6) is 0.953. The maximum atomic E-state index is 5.13. The van der Waals surface area contributed by atoms with E-state index in [-0.39, 0.29) is 29.5 Å². The first-order valence-electron chi connectivity index (χ1n) is 10.1. The smallest absolute Gasteiger partial charge is 0.191 e. The predicted octanol–water partition coefficient (Wildman–Crippen LogP) is 2.15. The molecule has 2 rings (SSSR count). The number of rotatable bonds is 8. The number of nitrogens with zero attached hydrogens (tertiary/aromatic N) is 3. The van der Waals surface area contributed by atoms with E-state index in [0.29, 0.717) is 0 Å². The number of halogens is 1. The minimum absolute atomic E-state index is 0. The Bertz CT molecular complexity index is 393. The van der Waals surface area contributed by atoms with Gasteiger partial charge in [-0.05, 0) is 72.3 Å². The minimum Gasteiger partial charge on any atom is -0.385 e. The van der Waals surface area contributed by atoms with E-state index in [1.165, 1.54) is 58.3 Å². The van der Waals surface area contributed by atoms with E-state index in [2.05, 4.69) is 34.4 Å². The number of guanidine groups is 1. The second-order valence-electron chi connectivity index (χ2n) is 7.54. The largest absolute Gasteiger partial charge is 0.385 e. The van der Waals surface area contributed by atoms with Crippen LogP contribution in [0.5, 0.6) is 0 Å². The number of hydrogen-bond donors (Lipinski definition) is 2. The Morgan fingerprint density at radius 3 is 2.38 bits per heavy atom. The van der Waals surface area contributed by atoms with Gasteiger partial charge in [0, 0.05) is 32.3 Å². The van der Waals surface area contributed by atoms with Gasteiger partial charge in [-0.15, -0.1) is 24.0 Å². The molecule has 6 nitrogen and oxygen atoms in total. The lowest BCUT2D eigenvalue weighted by molar-refractivity contribution is 0.0208. The molecule has 2 N–H and O–H groups in total. The summed E-state index contributed by atoms with van der Waals surface area (Å²) in [7, 11) is 3.99. The average molecular weight is 481 g/mol. The van der Waals surface area contributed by atoms with E-state index in [4.69, 9.17) is 9.73 Å². The topological polar surface area (TPSA) is 52.1 Å². The van der Waals surface area contributed by atoms with E-state index in [1.807, 2.05) is 0 Å². The lowest BCUT2D eigenvalue weighted by Crippen LogP contribution is -2.58. The van der Waals surface area contributed by atoms with Crippen molar-refractivity contribution in [3.8, 4) is 0 Å². The molecule has 2 aliphatic rings. The van der Waals surface area contributed by atoms with Gasteiger partial charge in [-0.3, -0.25) is 9.89 Å². The summed E-state index contributed by atoms with van der Waals surface area (Å²) >= 11 is 0. The highest BCUT2D eigenvalue weighted by molar-refractivity contribution is 14.0. The Balaban J connectivity index is 0.00000338. The van der Waals surface area contributed by atoms with Crippen LogP contribution in [0.4, 0.5) is 0 Å². The average Bonchev–Trinajstić information content (AvgIpc) is 2.65. The van der Waals surface area contributed by atoms with Crippen molar-refractivity contribution in [2.75, 3.05) is 66.6 Å². The molecule has 0 aromatic heterocycles. The molecule has 0 spiro atoms. The zero-order chi connectivity index (χ0) is 18.0. The van der Waals surface area contributed by atoms with Crippen molar-refractivity contribution < 1.29 is 4.74 Å². The first-order chi connectivity index (χ1) is 12.2. The lowest BCUT2D eigenvalue weighted by Gasteiger charge is -2.49. The molecule has 0 saturated carbocycles. The van der Waals surface area contributed by atoms with Crippen LogP contribution >= 0.6 is 24.0 Å². The van der Waals surface area contributed by atoms with E-state index >= 15 is 0 Å². The monoisotopic (exact) mass is 481 g/mol. The van der Waals surface area contributed by atoms with Gasteiger partial charge in [0.25, 0.3) is 0 Å². The summed E-state index contributed by atoms with van der Waals surface area (Å²) in [5, 5.41) is 6.85. The minimum atomic E-state index is 0. The first kappa shape index (κ1) is 23.9. The number of ether oxygens (including phenoxy) is 1. The molecule has 7 heteroatoms. The van der Waals surface area contributed by atoms with Crippen LogP contribution in [0.25, 0.3) is 0 Å². The maximum absolute atomic E-state index is 5.13. The van der Waals surface area contributed by atoms with Crippen LogP contribution in [0, 0.1) is 0 Å². The fourth-order valence-corrected chi connectivity index (χ4v) is 3.97. The van der Waals surface area contributed by atoms with Gasteiger partial charge < -0.3 is 20.3 Å². The van der Waals surface area contributed by atoms with Gasteiger partial charge in [0.1, 0.15) is 0 Å². The van der Waals surface area contributed by atoms with Crippen molar-refractivity contribution in [2.24, 2.45) is 4.99 Å². The van der Waals surface area contributed by atoms with Gasteiger partial charge in [0.2, 0.25) is 0 Å². The van der Waals surface area contributed by atoms with E-state index < -0.39 is 0 Å². The number of aliphatic imine (C=N–C) groups is 1. The molecule has 0 bridgehead atoms. The molecule has 0 aromatic carbocycles. The van der Waals surface area contributed by atoms with Crippen LogP contribution in [0.1, 0.15) is 45.4 Å².